The number of nitrogens with one attached hydrogen (secondary N) is 1. The van der Waals surface area contributed by atoms with E-state index in [4.69, 9.17) is 4.74 Å². The van der Waals surface area contributed by atoms with Gasteiger partial charge in [-0.1, -0.05) is 0 Å². The summed E-state index contributed by atoms with van der Waals surface area (Å²) in [6.07, 6.45) is 5.61. The summed E-state index contributed by atoms with van der Waals surface area (Å²) in [6, 6.07) is 4.30. The molecule has 1 fully saturated rings. The summed E-state index contributed by atoms with van der Waals surface area (Å²) >= 11 is 0. The first kappa shape index (κ1) is 17.3. The minimum atomic E-state index is -0.957. The van der Waals surface area contributed by atoms with E-state index in [1.807, 2.05) is 19.1 Å². The quantitative estimate of drug-likeness (QED) is 0.923. The Balaban J connectivity index is 1.52. The first-order chi connectivity index (χ1) is 12.0. The first-order valence-corrected chi connectivity index (χ1v) is 8.23. The van der Waals surface area contributed by atoms with E-state index in [9.17, 15) is 13.6 Å². The van der Waals surface area contributed by atoms with Crippen molar-refractivity contribution in [1.82, 2.24) is 15.3 Å². The van der Waals surface area contributed by atoms with E-state index in [1.165, 1.54) is 0 Å². The van der Waals surface area contributed by atoms with E-state index < -0.39 is 17.5 Å². The van der Waals surface area contributed by atoms with Gasteiger partial charge in [-0.15, -0.1) is 0 Å². The molecule has 2 aromatic rings. The number of amides is 1. The second-order valence-corrected chi connectivity index (χ2v) is 6.14. The van der Waals surface area contributed by atoms with E-state index in [0.29, 0.717) is 6.07 Å². The molecule has 1 amide bonds. The monoisotopic (exact) mass is 347 g/mol. The van der Waals surface area contributed by atoms with Crippen LogP contribution in [0.2, 0.25) is 0 Å². The Morgan fingerprint density at radius 1 is 1.24 bits per heavy atom. The lowest BCUT2D eigenvalue weighted by Gasteiger charge is -2.29. The van der Waals surface area contributed by atoms with Crippen LogP contribution in [0.5, 0.6) is 5.75 Å². The molecule has 132 valence electrons. The molecule has 1 aliphatic rings. The lowest BCUT2D eigenvalue weighted by atomic mass is 9.92. The number of aryl methyl sites for hydroxylation is 1. The van der Waals surface area contributed by atoms with Gasteiger partial charge in [-0.25, -0.2) is 13.8 Å². The summed E-state index contributed by atoms with van der Waals surface area (Å²) in [5, 5.41) is 2.76. The van der Waals surface area contributed by atoms with Crippen LogP contribution in [0.1, 0.15) is 41.9 Å². The zero-order chi connectivity index (χ0) is 17.8. The Morgan fingerprint density at radius 3 is 2.68 bits per heavy atom. The standard InChI is InChI=1S/C18H19F2N3O2/c1-11-16(3-2-8-21-11)25-14-6-4-13(5-7-14)23-18(24)17-15(20)9-12(19)10-22-17/h2-3,8-10,13-14H,4-7H2,1H3,(H,23,24). The SMILES string of the molecule is Cc1ncccc1OC1CCC(NC(=O)c2ncc(F)cc2F)CC1. The lowest BCUT2D eigenvalue weighted by Crippen LogP contribution is -2.40. The van der Waals surface area contributed by atoms with Gasteiger partial charge in [0.05, 0.1) is 18.0 Å². The van der Waals surface area contributed by atoms with Crippen LogP contribution in [0, 0.1) is 18.6 Å². The third-order valence-electron chi connectivity index (χ3n) is 4.28. The molecule has 7 heteroatoms. The largest absolute Gasteiger partial charge is 0.489 e. The predicted molar refractivity (Wildman–Crippen MR) is 87.3 cm³/mol. The summed E-state index contributed by atoms with van der Waals surface area (Å²) < 4.78 is 32.4. The van der Waals surface area contributed by atoms with Crippen molar-refractivity contribution in [3.63, 3.8) is 0 Å². The number of carbonyl (C=O) groups is 1. The predicted octanol–water partition coefficient (Wildman–Crippen LogP) is 3.18. The molecule has 25 heavy (non-hydrogen) atoms. The maximum atomic E-state index is 13.6. The third kappa shape index (κ3) is 4.29. The Labute approximate surface area is 144 Å². The molecular weight excluding hydrogens is 328 g/mol. The number of pyridine rings is 2. The van der Waals surface area contributed by atoms with E-state index >= 15 is 0 Å². The molecule has 5 nitrogen and oxygen atoms in total. The van der Waals surface area contributed by atoms with Crippen LogP contribution in [-0.4, -0.2) is 28.0 Å². The van der Waals surface area contributed by atoms with E-state index in [-0.39, 0.29) is 17.8 Å². The normalized spacial score (nSPS) is 20.1. The van der Waals surface area contributed by atoms with Crippen LogP contribution in [0.25, 0.3) is 0 Å². The fraction of sp³-hybridized carbons (Fsp3) is 0.389. The molecule has 1 aliphatic carbocycles. The fourth-order valence-corrected chi connectivity index (χ4v) is 2.93. The Kier molecular flexibility index (Phi) is 5.21. The van der Waals surface area contributed by atoms with Crippen LogP contribution in [0.15, 0.2) is 30.6 Å². The molecule has 1 N–H and O–H groups in total. The number of nitrogens with zero attached hydrogens (tertiary/aromatic N) is 2. The summed E-state index contributed by atoms with van der Waals surface area (Å²) in [6.45, 7) is 1.89. The van der Waals surface area contributed by atoms with Crippen LogP contribution < -0.4 is 10.1 Å². The highest BCUT2D eigenvalue weighted by molar-refractivity contribution is 5.92. The van der Waals surface area contributed by atoms with Crippen molar-refractivity contribution in [2.24, 2.45) is 0 Å². The molecule has 2 aromatic heterocycles. The van der Waals surface area contributed by atoms with Gasteiger partial charge < -0.3 is 10.1 Å². The Hall–Kier alpha value is -2.57. The molecule has 2 heterocycles. The minimum absolute atomic E-state index is 0.0664. The molecule has 3 rings (SSSR count). The maximum Gasteiger partial charge on any atom is 0.273 e. The summed E-state index contributed by atoms with van der Waals surface area (Å²) in [5.41, 5.74) is 0.460. The Bertz CT molecular complexity index is 762. The highest BCUT2D eigenvalue weighted by atomic mass is 19.1. The van der Waals surface area contributed by atoms with Crippen LogP contribution in [0.3, 0.4) is 0 Å². The van der Waals surface area contributed by atoms with E-state index in [0.717, 1.165) is 43.3 Å². The molecule has 0 radical (unpaired) electrons. The highest BCUT2D eigenvalue weighted by Gasteiger charge is 2.25. The molecule has 1 saturated carbocycles. The van der Waals surface area contributed by atoms with E-state index in [2.05, 4.69) is 15.3 Å². The average Bonchev–Trinajstić information content (AvgIpc) is 2.58. The number of ether oxygens (including phenoxy) is 1. The molecule has 0 bridgehead atoms. The number of rotatable bonds is 4. The van der Waals surface area contributed by atoms with Gasteiger partial charge >= 0.3 is 0 Å². The molecule has 0 atom stereocenters. The van der Waals surface area contributed by atoms with Gasteiger partial charge in [-0.05, 0) is 44.7 Å². The molecule has 0 unspecified atom stereocenters. The number of hydrogen-bond donors (Lipinski definition) is 1. The van der Waals surface area contributed by atoms with Gasteiger partial charge in [0.2, 0.25) is 0 Å². The van der Waals surface area contributed by atoms with Crippen molar-refractivity contribution < 1.29 is 18.3 Å². The van der Waals surface area contributed by atoms with Crippen molar-refractivity contribution in [2.75, 3.05) is 0 Å². The zero-order valence-corrected chi connectivity index (χ0v) is 13.8. The van der Waals surface area contributed by atoms with Crippen molar-refractivity contribution in [1.29, 1.82) is 0 Å². The van der Waals surface area contributed by atoms with Gasteiger partial charge in [-0.2, -0.15) is 0 Å². The van der Waals surface area contributed by atoms with Crippen LogP contribution in [-0.2, 0) is 0 Å². The number of aromatic nitrogens is 2. The number of hydrogen-bond acceptors (Lipinski definition) is 4. The van der Waals surface area contributed by atoms with Crippen LogP contribution in [0.4, 0.5) is 8.78 Å². The summed E-state index contributed by atoms with van der Waals surface area (Å²) in [4.78, 5) is 19.8. The second-order valence-electron chi connectivity index (χ2n) is 6.14. The van der Waals surface area contributed by atoms with E-state index in [1.54, 1.807) is 6.20 Å². The molecule has 0 spiro atoms. The molecule has 0 saturated heterocycles. The highest BCUT2D eigenvalue weighted by Crippen LogP contribution is 2.25. The number of halogens is 2. The third-order valence-corrected chi connectivity index (χ3v) is 4.28. The van der Waals surface area contributed by atoms with Crippen molar-refractivity contribution >= 4 is 5.91 Å². The first-order valence-electron chi connectivity index (χ1n) is 8.23. The fourth-order valence-electron chi connectivity index (χ4n) is 2.93. The maximum absolute atomic E-state index is 13.6. The van der Waals surface area contributed by atoms with Crippen molar-refractivity contribution in [3.8, 4) is 5.75 Å². The smallest absolute Gasteiger partial charge is 0.273 e. The summed E-state index contributed by atoms with van der Waals surface area (Å²) in [7, 11) is 0. The van der Waals surface area contributed by atoms with Gasteiger partial charge in [-0.3, -0.25) is 9.78 Å². The topological polar surface area (TPSA) is 64.1 Å². The van der Waals surface area contributed by atoms with Gasteiger partial charge in [0, 0.05) is 18.3 Å². The van der Waals surface area contributed by atoms with Gasteiger partial charge in [0.1, 0.15) is 11.6 Å². The number of carbonyl (C=O) groups excluding carboxylic acids is 1. The van der Waals surface area contributed by atoms with Gasteiger partial charge in [0.25, 0.3) is 5.91 Å². The molecule has 0 aromatic carbocycles. The van der Waals surface area contributed by atoms with Crippen molar-refractivity contribution in [3.05, 3.63) is 53.6 Å². The zero-order valence-electron chi connectivity index (χ0n) is 13.8. The van der Waals surface area contributed by atoms with Crippen LogP contribution >= 0.6 is 0 Å². The molecular formula is C18H19F2N3O2. The minimum Gasteiger partial charge on any atom is -0.489 e. The summed E-state index contributed by atoms with van der Waals surface area (Å²) in [5.74, 6) is -1.61. The average molecular weight is 347 g/mol. The Morgan fingerprint density at radius 2 is 2.00 bits per heavy atom. The molecule has 0 aliphatic heterocycles. The van der Waals surface area contributed by atoms with Gasteiger partial charge in [0.15, 0.2) is 11.5 Å². The lowest BCUT2D eigenvalue weighted by molar-refractivity contribution is 0.0884. The second kappa shape index (κ2) is 7.55. The van der Waals surface area contributed by atoms with Crippen molar-refractivity contribution in [2.45, 2.75) is 44.8 Å².